The number of rotatable bonds is 5. The number of nitrogens with zero attached hydrogens (tertiary/aromatic N) is 1. The molecule has 0 bridgehead atoms. The number of halogens is 2. The van der Waals surface area contributed by atoms with E-state index in [2.05, 4.69) is 10.5 Å². The molecule has 1 heterocycles. The van der Waals surface area contributed by atoms with Crippen LogP contribution in [0.15, 0.2) is 35.4 Å². The Morgan fingerprint density at radius 3 is 2.65 bits per heavy atom. The summed E-state index contributed by atoms with van der Waals surface area (Å²) in [6.07, 6.45) is -0.740. The van der Waals surface area contributed by atoms with E-state index in [1.165, 1.54) is 4.88 Å². The Kier molecular flexibility index (Phi) is 6.04. The quantitative estimate of drug-likeness (QED) is 0.613. The van der Waals surface area contributed by atoms with E-state index in [1.807, 2.05) is 26.0 Å². The molecule has 1 aromatic heterocycles. The summed E-state index contributed by atoms with van der Waals surface area (Å²) in [4.78, 5) is 14.3. The van der Waals surface area contributed by atoms with Crippen LogP contribution in [0.3, 0.4) is 0 Å². The lowest BCUT2D eigenvalue weighted by Crippen LogP contribution is -2.34. The number of thiophene rings is 1. The van der Waals surface area contributed by atoms with Gasteiger partial charge in [0.1, 0.15) is 5.75 Å². The zero-order chi connectivity index (χ0) is 17.0. The van der Waals surface area contributed by atoms with E-state index >= 15 is 0 Å². The van der Waals surface area contributed by atoms with E-state index in [0.29, 0.717) is 15.8 Å². The molecule has 1 aromatic carbocycles. The Bertz CT molecular complexity index is 743. The molecule has 0 saturated carbocycles. The van der Waals surface area contributed by atoms with Crippen molar-refractivity contribution in [3.05, 3.63) is 50.1 Å². The normalized spacial score (nSPS) is 12.8. The first-order valence-corrected chi connectivity index (χ1v) is 8.46. The van der Waals surface area contributed by atoms with Gasteiger partial charge in [-0.25, -0.2) is 5.43 Å². The lowest BCUT2D eigenvalue weighted by molar-refractivity contribution is -0.127. The van der Waals surface area contributed by atoms with Crippen LogP contribution in [-0.2, 0) is 4.79 Å². The lowest BCUT2D eigenvalue weighted by atomic mass is 10.3. The van der Waals surface area contributed by atoms with Gasteiger partial charge in [0, 0.05) is 9.90 Å². The second-order valence-electron chi connectivity index (χ2n) is 4.92. The third kappa shape index (κ3) is 4.96. The summed E-state index contributed by atoms with van der Waals surface area (Å²) in [5.41, 5.74) is 3.25. The summed E-state index contributed by atoms with van der Waals surface area (Å²) in [5, 5.41) is 4.96. The number of hydrazone groups is 1. The van der Waals surface area contributed by atoms with E-state index < -0.39 is 6.10 Å². The number of hydrogen-bond acceptors (Lipinski definition) is 4. The molecule has 7 heteroatoms. The fourth-order valence-corrected chi connectivity index (χ4v) is 2.99. The molecule has 23 heavy (non-hydrogen) atoms. The first-order valence-electron chi connectivity index (χ1n) is 6.89. The highest BCUT2D eigenvalue weighted by Crippen LogP contribution is 2.28. The SMILES string of the molecule is C/C(=N/NC(=O)[C@@H](C)Oc1ccc(Cl)cc1Cl)c1ccc(C)s1. The summed E-state index contributed by atoms with van der Waals surface area (Å²) in [5.74, 6) is 0.0388. The van der Waals surface area contributed by atoms with Crippen LogP contribution in [0.1, 0.15) is 23.6 Å². The topological polar surface area (TPSA) is 50.7 Å². The Hall–Kier alpha value is -1.56. The molecule has 1 amide bonds. The monoisotopic (exact) mass is 370 g/mol. The maximum Gasteiger partial charge on any atom is 0.280 e. The van der Waals surface area contributed by atoms with E-state index in [-0.39, 0.29) is 5.91 Å². The number of carbonyl (C=O) groups excluding carboxylic acids is 1. The summed E-state index contributed by atoms with van der Waals surface area (Å²) < 4.78 is 5.53. The highest BCUT2D eigenvalue weighted by molar-refractivity contribution is 7.14. The Morgan fingerprint density at radius 2 is 2.04 bits per heavy atom. The molecule has 122 valence electrons. The molecule has 0 spiro atoms. The number of hydrogen-bond donors (Lipinski definition) is 1. The van der Waals surface area contributed by atoms with Crippen LogP contribution < -0.4 is 10.2 Å². The van der Waals surface area contributed by atoms with E-state index in [0.717, 1.165) is 10.6 Å². The minimum Gasteiger partial charge on any atom is -0.479 e. The van der Waals surface area contributed by atoms with Gasteiger partial charge in [0.2, 0.25) is 0 Å². The average molecular weight is 371 g/mol. The van der Waals surface area contributed by atoms with Crippen molar-refractivity contribution in [3.63, 3.8) is 0 Å². The van der Waals surface area contributed by atoms with Crippen LogP contribution in [0, 0.1) is 6.92 Å². The van der Waals surface area contributed by atoms with Crippen LogP contribution in [0.5, 0.6) is 5.75 Å². The maximum atomic E-state index is 12.1. The largest absolute Gasteiger partial charge is 0.479 e. The third-order valence-corrected chi connectivity index (χ3v) is 4.64. The Morgan fingerprint density at radius 1 is 1.30 bits per heavy atom. The number of carbonyl (C=O) groups is 1. The number of benzene rings is 1. The van der Waals surface area contributed by atoms with Crippen molar-refractivity contribution in [2.75, 3.05) is 0 Å². The molecule has 0 saturated heterocycles. The van der Waals surface area contributed by atoms with Gasteiger partial charge in [0.25, 0.3) is 5.91 Å². The van der Waals surface area contributed by atoms with Gasteiger partial charge in [0.05, 0.1) is 15.6 Å². The number of amides is 1. The van der Waals surface area contributed by atoms with Gasteiger partial charge in [-0.2, -0.15) is 5.10 Å². The van der Waals surface area contributed by atoms with Crippen molar-refractivity contribution in [3.8, 4) is 5.75 Å². The fraction of sp³-hybridized carbons (Fsp3) is 0.250. The predicted molar refractivity (Wildman–Crippen MR) is 96.0 cm³/mol. The van der Waals surface area contributed by atoms with E-state index in [4.69, 9.17) is 27.9 Å². The molecule has 0 aliphatic carbocycles. The number of ether oxygens (including phenoxy) is 1. The maximum absolute atomic E-state index is 12.1. The van der Waals surface area contributed by atoms with Gasteiger partial charge in [0.15, 0.2) is 6.10 Å². The molecular formula is C16H16Cl2N2O2S. The van der Waals surface area contributed by atoms with Gasteiger partial charge in [-0.15, -0.1) is 11.3 Å². The van der Waals surface area contributed by atoms with Crippen LogP contribution in [-0.4, -0.2) is 17.7 Å². The first-order chi connectivity index (χ1) is 10.9. The fourth-order valence-electron chi connectivity index (χ4n) is 1.73. The Labute approximate surface area is 149 Å². The molecule has 1 atom stereocenters. The summed E-state index contributed by atoms with van der Waals surface area (Å²) in [6, 6.07) is 8.81. The van der Waals surface area contributed by atoms with Crippen molar-refractivity contribution in [2.24, 2.45) is 5.10 Å². The van der Waals surface area contributed by atoms with Gasteiger partial charge in [-0.1, -0.05) is 23.2 Å². The highest BCUT2D eigenvalue weighted by Gasteiger charge is 2.16. The minimum absolute atomic E-state index is 0.353. The minimum atomic E-state index is -0.740. The molecule has 2 aromatic rings. The van der Waals surface area contributed by atoms with E-state index in [1.54, 1.807) is 36.5 Å². The highest BCUT2D eigenvalue weighted by atomic mass is 35.5. The molecule has 0 fully saturated rings. The van der Waals surface area contributed by atoms with Gasteiger partial charge in [-0.3, -0.25) is 4.79 Å². The van der Waals surface area contributed by atoms with Gasteiger partial charge >= 0.3 is 0 Å². The molecular weight excluding hydrogens is 355 g/mol. The average Bonchev–Trinajstić information content (AvgIpc) is 2.93. The molecule has 0 radical (unpaired) electrons. The van der Waals surface area contributed by atoms with Crippen molar-refractivity contribution in [2.45, 2.75) is 26.9 Å². The molecule has 0 aliphatic rings. The molecule has 4 nitrogen and oxygen atoms in total. The zero-order valence-corrected chi connectivity index (χ0v) is 15.2. The second kappa shape index (κ2) is 7.81. The molecule has 1 N–H and O–H groups in total. The summed E-state index contributed by atoms with van der Waals surface area (Å²) in [6.45, 7) is 5.49. The van der Waals surface area contributed by atoms with Crippen LogP contribution >= 0.6 is 34.5 Å². The number of nitrogens with one attached hydrogen (secondary N) is 1. The predicted octanol–water partition coefficient (Wildman–Crippen LogP) is 4.67. The van der Waals surface area contributed by atoms with Crippen molar-refractivity contribution in [1.29, 1.82) is 0 Å². The van der Waals surface area contributed by atoms with Crippen molar-refractivity contribution < 1.29 is 9.53 Å². The smallest absolute Gasteiger partial charge is 0.280 e. The standard InChI is InChI=1S/C16H16Cl2N2O2S/c1-9-4-7-15(23-9)10(2)19-20-16(21)11(3)22-14-6-5-12(17)8-13(14)18/h4-8,11H,1-3H3,(H,20,21)/b19-10-/t11-/m1/s1. The second-order valence-corrected chi connectivity index (χ2v) is 7.05. The molecule has 0 aliphatic heterocycles. The van der Waals surface area contributed by atoms with Gasteiger partial charge in [-0.05, 0) is 51.1 Å². The number of aryl methyl sites for hydroxylation is 1. The molecule has 2 rings (SSSR count). The lowest BCUT2D eigenvalue weighted by Gasteiger charge is -2.14. The van der Waals surface area contributed by atoms with Crippen LogP contribution in [0.2, 0.25) is 10.0 Å². The summed E-state index contributed by atoms with van der Waals surface area (Å²) >= 11 is 13.5. The third-order valence-electron chi connectivity index (χ3n) is 3.00. The van der Waals surface area contributed by atoms with Crippen molar-refractivity contribution in [1.82, 2.24) is 5.43 Å². The summed E-state index contributed by atoms with van der Waals surface area (Å²) in [7, 11) is 0. The first kappa shape index (κ1) is 17.8. The van der Waals surface area contributed by atoms with Crippen LogP contribution in [0.4, 0.5) is 0 Å². The Balaban J connectivity index is 1.97. The van der Waals surface area contributed by atoms with E-state index in [9.17, 15) is 4.79 Å². The molecule has 0 unspecified atom stereocenters. The van der Waals surface area contributed by atoms with Gasteiger partial charge < -0.3 is 4.74 Å². The van der Waals surface area contributed by atoms with Crippen LogP contribution in [0.25, 0.3) is 0 Å². The van der Waals surface area contributed by atoms with Crippen molar-refractivity contribution >= 4 is 46.2 Å². The zero-order valence-electron chi connectivity index (χ0n) is 12.9.